The van der Waals surface area contributed by atoms with Gasteiger partial charge in [-0.05, 0) is 44.2 Å². The fourth-order valence-corrected chi connectivity index (χ4v) is 3.71. The molecule has 0 N–H and O–H groups in total. The maximum atomic E-state index is 5.91. The monoisotopic (exact) mass is 386 g/mol. The first kappa shape index (κ1) is 23.0. The molecule has 1 saturated heterocycles. The molecule has 1 aromatic rings. The molecule has 0 radical (unpaired) electrons. The number of allylic oxidation sites excluding steroid dienone is 2. The highest BCUT2D eigenvalue weighted by molar-refractivity contribution is 5.33. The van der Waals surface area contributed by atoms with E-state index in [9.17, 15) is 0 Å². The molecule has 1 heterocycles. The Bertz CT molecular complexity index is 519. The molecular formula is C26H42O2. The molecule has 0 spiro atoms. The van der Waals surface area contributed by atoms with Crippen LogP contribution < -0.4 is 4.74 Å². The molecule has 1 fully saturated rings. The second kappa shape index (κ2) is 15.6. The predicted octanol–water partition coefficient (Wildman–Crippen LogP) is 7.65. The summed E-state index contributed by atoms with van der Waals surface area (Å²) in [4.78, 5) is 0. The lowest BCUT2D eigenvalue weighted by molar-refractivity contribution is 0.261. The van der Waals surface area contributed by atoms with Crippen molar-refractivity contribution in [3.63, 3.8) is 0 Å². The van der Waals surface area contributed by atoms with E-state index in [2.05, 4.69) is 43.3 Å². The van der Waals surface area contributed by atoms with Gasteiger partial charge in [0.05, 0.1) is 6.61 Å². The maximum absolute atomic E-state index is 5.91. The fourth-order valence-electron chi connectivity index (χ4n) is 3.71. The Morgan fingerprint density at radius 3 is 2.04 bits per heavy atom. The summed E-state index contributed by atoms with van der Waals surface area (Å²) >= 11 is 0. The SMILES string of the molecule is C/C=C/CCCCCCCCCCCCCCc1ccccc1OCC1CO1. The molecule has 0 amide bonds. The largest absolute Gasteiger partial charge is 0.491 e. The summed E-state index contributed by atoms with van der Waals surface area (Å²) in [5, 5.41) is 0. The number of rotatable bonds is 18. The summed E-state index contributed by atoms with van der Waals surface area (Å²) in [5.74, 6) is 1.06. The van der Waals surface area contributed by atoms with E-state index in [4.69, 9.17) is 9.47 Å². The number of ether oxygens (including phenoxy) is 2. The van der Waals surface area contributed by atoms with Crippen molar-refractivity contribution in [1.29, 1.82) is 0 Å². The highest BCUT2D eigenvalue weighted by Crippen LogP contribution is 2.22. The Morgan fingerprint density at radius 2 is 1.43 bits per heavy atom. The Morgan fingerprint density at radius 1 is 0.857 bits per heavy atom. The van der Waals surface area contributed by atoms with E-state index in [0.717, 1.165) is 18.8 Å². The van der Waals surface area contributed by atoms with E-state index in [1.165, 1.54) is 89.0 Å². The van der Waals surface area contributed by atoms with E-state index in [1.54, 1.807) is 0 Å². The van der Waals surface area contributed by atoms with Gasteiger partial charge in [-0.25, -0.2) is 0 Å². The summed E-state index contributed by atoms with van der Waals surface area (Å²) in [7, 11) is 0. The minimum absolute atomic E-state index is 0.330. The number of hydrogen-bond donors (Lipinski definition) is 0. The average Bonchev–Trinajstić information content (AvgIpc) is 3.54. The molecule has 1 aliphatic rings. The molecular weight excluding hydrogens is 344 g/mol. The number of benzene rings is 1. The van der Waals surface area contributed by atoms with E-state index in [1.807, 2.05) is 0 Å². The van der Waals surface area contributed by atoms with Crippen LogP contribution >= 0.6 is 0 Å². The van der Waals surface area contributed by atoms with E-state index in [0.29, 0.717) is 12.7 Å². The highest BCUT2D eigenvalue weighted by Gasteiger charge is 2.23. The van der Waals surface area contributed by atoms with Crippen LogP contribution in [0.15, 0.2) is 36.4 Å². The lowest BCUT2D eigenvalue weighted by Crippen LogP contribution is -2.05. The second-order valence-electron chi connectivity index (χ2n) is 8.22. The van der Waals surface area contributed by atoms with E-state index < -0.39 is 0 Å². The summed E-state index contributed by atoms with van der Waals surface area (Å²) in [5.41, 5.74) is 1.36. The number of para-hydroxylation sites is 1. The third-order valence-corrected chi connectivity index (χ3v) is 5.60. The maximum Gasteiger partial charge on any atom is 0.122 e. The van der Waals surface area contributed by atoms with Crippen LogP contribution in [0, 0.1) is 0 Å². The van der Waals surface area contributed by atoms with Crippen LogP contribution in [0.5, 0.6) is 5.75 Å². The molecule has 0 bridgehead atoms. The number of unbranched alkanes of at least 4 members (excludes halogenated alkanes) is 12. The average molecular weight is 387 g/mol. The first-order chi connectivity index (χ1) is 13.9. The van der Waals surface area contributed by atoms with Gasteiger partial charge in [0.25, 0.3) is 0 Å². The molecule has 1 atom stereocenters. The summed E-state index contributed by atoms with van der Waals surface area (Å²) < 4.78 is 11.1. The molecule has 0 aliphatic carbocycles. The smallest absolute Gasteiger partial charge is 0.122 e. The van der Waals surface area contributed by atoms with Crippen molar-refractivity contribution in [1.82, 2.24) is 0 Å². The van der Waals surface area contributed by atoms with Gasteiger partial charge in [-0.3, -0.25) is 0 Å². The fraction of sp³-hybridized carbons (Fsp3) is 0.692. The Hall–Kier alpha value is -1.28. The highest BCUT2D eigenvalue weighted by atomic mass is 16.6. The first-order valence-corrected chi connectivity index (χ1v) is 11.8. The lowest BCUT2D eigenvalue weighted by atomic mass is 10.0. The third-order valence-electron chi connectivity index (χ3n) is 5.60. The number of epoxide rings is 1. The van der Waals surface area contributed by atoms with Crippen molar-refractivity contribution < 1.29 is 9.47 Å². The molecule has 0 aromatic heterocycles. The van der Waals surface area contributed by atoms with Crippen molar-refractivity contribution in [2.75, 3.05) is 13.2 Å². The predicted molar refractivity (Wildman–Crippen MR) is 120 cm³/mol. The van der Waals surface area contributed by atoms with Gasteiger partial charge in [0.15, 0.2) is 0 Å². The first-order valence-electron chi connectivity index (χ1n) is 11.8. The van der Waals surface area contributed by atoms with Crippen LogP contribution in [0.1, 0.15) is 96.0 Å². The van der Waals surface area contributed by atoms with Crippen LogP contribution in [-0.4, -0.2) is 19.3 Å². The van der Waals surface area contributed by atoms with Crippen LogP contribution in [0.2, 0.25) is 0 Å². The Balaban J connectivity index is 1.37. The van der Waals surface area contributed by atoms with Gasteiger partial charge < -0.3 is 9.47 Å². The van der Waals surface area contributed by atoms with Crippen molar-refractivity contribution in [3.8, 4) is 5.75 Å². The van der Waals surface area contributed by atoms with Crippen molar-refractivity contribution in [2.45, 2.75) is 103 Å². The molecule has 2 heteroatoms. The molecule has 1 aliphatic heterocycles. The van der Waals surface area contributed by atoms with Crippen LogP contribution in [0.25, 0.3) is 0 Å². The summed E-state index contributed by atoms with van der Waals surface area (Å²) in [6, 6.07) is 8.50. The Kier molecular flexibility index (Phi) is 12.8. The van der Waals surface area contributed by atoms with Gasteiger partial charge in [0.1, 0.15) is 18.5 Å². The van der Waals surface area contributed by atoms with Gasteiger partial charge in [-0.15, -0.1) is 0 Å². The van der Waals surface area contributed by atoms with Crippen LogP contribution in [0.4, 0.5) is 0 Å². The van der Waals surface area contributed by atoms with E-state index in [-0.39, 0.29) is 0 Å². The van der Waals surface area contributed by atoms with Crippen molar-refractivity contribution in [2.24, 2.45) is 0 Å². The Labute approximate surface area is 173 Å². The number of aryl methyl sites for hydroxylation is 1. The van der Waals surface area contributed by atoms with Crippen LogP contribution in [0.3, 0.4) is 0 Å². The minimum Gasteiger partial charge on any atom is -0.491 e. The van der Waals surface area contributed by atoms with E-state index >= 15 is 0 Å². The van der Waals surface area contributed by atoms with Gasteiger partial charge in [0, 0.05) is 0 Å². The molecule has 1 aromatic carbocycles. The van der Waals surface area contributed by atoms with Crippen LogP contribution in [-0.2, 0) is 11.2 Å². The molecule has 0 saturated carbocycles. The third kappa shape index (κ3) is 11.5. The number of hydrogen-bond acceptors (Lipinski definition) is 2. The summed E-state index contributed by atoms with van der Waals surface area (Å²) in [6.07, 6.45) is 23.9. The topological polar surface area (TPSA) is 21.8 Å². The standard InChI is InChI=1S/C26H42O2/c1-2-3-4-5-6-7-8-9-10-11-12-13-14-15-16-19-24-20-17-18-21-26(24)28-23-25-22-27-25/h2-3,17-18,20-21,25H,4-16,19,22-23H2,1H3/b3-2+. The van der Waals surface area contributed by atoms with Crippen molar-refractivity contribution in [3.05, 3.63) is 42.0 Å². The van der Waals surface area contributed by atoms with Gasteiger partial charge >= 0.3 is 0 Å². The lowest BCUT2D eigenvalue weighted by Gasteiger charge is -2.10. The van der Waals surface area contributed by atoms with Gasteiger partial charge in [-0.1, -0.05) is 94.6 Å². The molecule has 1 unspecified atom stereocenters. The van der Waals surface area contributed by atoms with Crippen molar-refractivity contribution >= 4 is 0 Å². The normalized spacial score (nSPS) is 16.0. The second-order valence-corrected chi connectivity index (χ2v) is 8.22. The summed E-state index contributed by atoms with van der Waals surface area (Å²) in [6.45, 7) is 3.67. The molecule has 158 valence electrons. The zero-order chi connectivity index (χ0) is 19.7. The molecule has 2 rings (SSSR count). The molecule has 2 nitrogen and oxygen atoms in total. The minimum atomic E-state index is 0.330. The quantitative estimate of drug-likeness (QED) is 0.147. The molecule has 28 heavy (non-hydrogen) atoms. The van der Waals surface area contributed by atoms with Gasteiger partial charge in [-0.2, -0.15) is 0 Å². The van der Waals surface area contributed by atoms with Gasteiger partial charge in [0.2, 0.25) is 0 Å². The zero-order valence-electron chi connectivity index (χ0n) is 18.2. The zero-order valence-corrected chi connectivity index (χ0v) is 18.2.